The summed E-state index contributed by atoms with van der Waals surface area (Å²) in [7, 11) is 0.912. The summed E-state index contributed by atoms with van der Waals surface area (Å²) in [6.07, 6.45) is -5.98. The molecule has 0 spiro atoms. The molecule has 4 rings (SSSR count). The molecule has 0 unspecified atom stereocenters. The number of halogens is 4. The van der Waals surface area contributed by atoms with Gasteiger partial charge in [-0.3, -0.25) is 0 Å². The first-order valence-electron chi connectivity index (χ1n) is 12.5. The number of nitrogens with one attached hydrogen (secondary N) is 2. The summed E-state index contributed by atoms with van der Waals surface area (Å²) in [4.78, 5) is 2.26. The van der Waals surface area contributed by atoms with Crippen LogP contribution in [0.5, 0.6) is 5.75 Å². The summed E-state index contributed by atoms with van der Waals surface area (Å²) in [6.45, 7) is 4.56. The van der Waals surface area contributed by atoms with E-state index in [-0.39, 0.29) is 12.1 Å². The molecule has 5 nitrogen and oxygen atoms in total. The monoisotopic (exact) mass is 581 g/mol. The summed E-state index contributed by atoms with van der Waals surface area (Å²) in [5, 5.41) is 7.53. The van der Waals surface area contributed by atoms with Gasteiger partial charge >= 0.3 is 6.18 Å². The van der Waals surface area contributed by atoms with Crippen molar-refractivity contribution in [3.8, 4) is 17.6 Å². The SMILES string of the molecule is COc1cc(P(C)(C)=O)ccc1NCC#Cc1sc2c(N[C@@H]3CCN(C)C[C@H]3F)cccc2c1CC(F)(F)F. The van der Waals surface area contributed by atoms with Crippen molar-refractivity contribution < 1.29 is 26.9 Å². The molecule has 0 amide bonds. The summed E-state index contributed by atoms with van der Waals surface area (Å²) in [6, 6.07) is 9.95. The van der Waals surface area contributed by atoms with E-state index >= 15 is 0 Å². The molecule has 0 aliphatic carbocycles. The maximum Gasteiger partial charge on any atom is 0.393 e. The van der Waals surface area contributed by atoms with Crippen molar-refractivity contribution in [1.29, 1.82) is 0 Å². The molecule has 2 N–H and O–H groups in total. The van der Waals surface area contributed by atoms with Gasteiger partial charge in [-0.25, -0.2) is 4.39 Å². The van der Waals surface area contributed by atoms with E-state index in [0.717, 1.165) is 6.54 Å². The van der Waals surface area contributed by atoms with Gasteiger partial charge in [0, 0.05) is 18.4 Å². The second-order valence-electron chi connectivity index (χ2n) is 10.1. The number of thiophene rings is 1. The Labute approximate surface area is 230 Å². The number of fused-ring (bicyclic) bond motifs is 1. The molecular weight excluding hydrogens is 549 g/mol. The van der Waals surface area contributed by atoms with Crippen LogP contribution in [-0.4, -0.2) is 70.4 Å². The van der Waals surface area contributed by atoms with Crippen LogP contribution in [0.4, 0.5) is 28.9 Å². The van der Waals surface area contributed by atoms with Gasteiger partial charge in [0.05, 0.1) is 47.1 Å². The van der Waals surface area contributed by atoms with E-state index in [4.69, 9.17) is 4.74 Å². The average molecular weight is 582 g/mol. The van der Waals surface area contributed by atoms with Gasteiger partial charge in [0.2, 0.25) is 0 Å². The van der Waals surface area contributed by atoms with Gasteiger partial charge in [-0.2, -0.15) is 13.2 Å². The van der Waals surface area contributed by atoms with Crippen LogP contribution in [0.1, 0.15) is 16.9 Å². The molecule has 1 fully saturated rings. The second kappa shape index (κ2) is 11.8. The molecule has 0 bridgehead atoms. The Morgan fingerprint density at radius 3 is 2.64 bits per heavy atom. The zero-order valence-electron chi connectivity index (χ0n) is 22.3. The van der Waals surface area contributed by atoms with E-state index in [9.17, 15) is 22.1 Å². The normalized spacial score (nSPS) is 18.5. The molecule has 39 heavy (non-hydrogen) atoms. The van der Waals surface area contributed by atoms with Crippen molar-refractivity contribution in [3.05, 3.63) is 46.8 Å². The molecule has 2 atom stereocenters. The number of nitrogens with zero attached hydrogens (tertiary/aromatic N) is 1. The lowest BCUT2D eigenvalue weighted by molar-refractivity contribution is -0.126. The van der Waals surface area contributed by atoms with Gasteiger partial charge in [0.15, 0.2) is 0 Å². The minimum absolute atomic E-state index is 0.127. The Hall–Kier alpha value is -2.73. The Balaban J connectivity index is 1.60. The van der Waals surface area contributed by atoms with Crippen LogP contribution in [0.25, 0.3) is 10.1 Å². The Bertz CT molecular complexity index is 1440. The lowest BCUT2D eigenvalue weighted by atomic mass is 10.0. The van der Waals surface area contributed by atoms with E-state index in [1.165, 1.54) is 18.4 Å². The molecule has 11 heteroatoms. The third-order valence-corrected chi connectivity index (χ3v) is 9.38. The van der Waals surface area contributed by atoms with Crippen LogP contribution in [0.15, 0.2) is 36.4 Å². The van der Waals surface area contributed by atoms with Gasteiger partial charge in [0.1, 0.15) is 19.1 Å². The fraction of sp³-hybridized carbons (Fsp3) is 0.429. The van der Waals surface area contributed by atoms with E-state index in [1.807, 2.05) is 11.9 Å². The smallest absolute Gasteiger partial charge is 0.393 e. The van der Waals surface area contributed by atoms with Crippen molar-refractivity contribution in [2.75, 3.05) is 57.8 Å². The molecule has 210 valence electrons. The highest BCUT2D eigenvalue weighted by atomic mass is 32.1. The largest absolute Gasteiger partial charge is 0.495 e. The lowest BCUT2D eigenvalue weighted by Gasteiger charge is -2.33. The number of likely N-dealkylation sites (tertiary alicyclic amines) is 1. The fourth-order valence-electron chi connectivity index (χ4n) is 4.60. The van der Waals surface area contributed by atoms with E-state index in [0.29, 0.717) is 50.4 Å². The molecule has 1 aromatic heterocycles. The minimum atomic E-state index is -4.41. The predicted molar refractivity (Wildman–Crippen MR) is 153 cm³/mol. The van der Waals surface area contributed by atoms with E-state index < -0.39 is 32.0 Å². The second-order valence-corrected chi connectivity index (χ2v) is 14.3. The highest BCUT2D eigenvalue weighted by Crippen LogP contribution is 2.40. The summed E-state index contributed by atoms with van der Waals surface area (Å²) < 4.78 is 73.7. The van der Waals surface area contributed by atoms with Gasteiger partial charge in [0.25, 0.3) is 0 Å². The van der Waals surface area contributed by atoms with Gasteiger partial charge in [-0.05, 0) is 62.0 Å². The molecule has 2 heterocycles. The number of hydrogen-bond acceptors (Lipinski definition) is 6. The fourth-order valence-corrected chi connectivity index (χ4v) is 6.64. The Kier molecular flexibility index (Phi) is 8.85. The maximum atomic E-state index is 14.7. The van der Waals surface area contributed by atoms with Gasteiger partial charge < -0.3 is 24.8 Å². The van der Waals surface area contributed by atoms with Crippen LogP contribution in [0.2, 0.25) is 0 Å². The number of piperidine rings is 1. The predicted octanol–water partition coefficient (Wildman–Crippen LogP) is 6.18. The van der Waals surface area contributed by atoms with Crippen LogP contribution < -0.4 is 20.7 Å². The Morgan fingerprint density at radius 2 is 1.97 bits per heavy atom. The van der Waals surface area contributed by atoms with E-state index in [2.05, 4.69) is 22.5 Å². The summed E-state index contributed by atoms with van der Waals surface area (Å²) in [5.74, 6) is 6.37. The minimum Gasteiger partial charge on any atom is -0.495 e. The molecule has 3 aromatic rings. The van der Waals surface area contributed by atoms with Crippen molar-refractivity contribution in [2.24, 2.45) is 0 Å². The number of methoxy groups -OCH3 is 1. The number of ether oxygens (including phenoxy) is 1. The van der Waals surface area contributed by atoms with Crippen LogP contribution in [0.3, 0.4) is 0 Å². The summed E-state index contributed by atoms with van der Waals surface area (Å²) >= 11 is 1.19. The lowest BCUT2D eigenvalue weighted by Crippen LogP contribution is -2.46. The number of alkyl halides is 4. The van der Waals surface area contributed by atoms with Crippen LogP contribution in [0, 0.1) is 11.8 Å². The highest BCUT2D eigenvalue weighted by molar-refractivity contribution is 7.70. The van der Waals surface area contributed by atoms with Crippen LogP contribution >= 0.6 is 18.5 Å². The first-order valence-corrected chi connectivity index (χ1v) is 15.9. The topological polar surface area (TPSA) is 53.6 Å². The Morgan fingerprint density at radius 1 is 1.21 bits per heavy atom. The third-order valence-electron chi connectivity index (χ3n) is 6.66. The van der Waals surface area contributed by atoms with Crippen molar-refractivity contribution >= 4 is 45.2 Å². The molecule has 1 saturated heterocycles. The zero-order chi connectivity index (χ0) is 28.4. The van der Waals surface area contributed by atoms with Crippen LogP contribution in [-0.2, 0) is 11.0 Å². The zero-order valence-corrected chi connectivity index (χ0v) is 24.0. The molecule has 1 aliphatic rings. The number of rotatable bonds is 7. The first-order chi connectivity index (χ1) is 18.4. The van der Waals surface area contributed by atoms with Crippen molar-refractivity contribution in [2.45, 2.75) is 31.2 Å². The molecule has 0 radical (unpaired) electrons. The van der Waals surface area contributed by atoms with Crippen molar-refractivity contribution in [3.63, 3.8) is 0 Å². The van der Waals surface area contributed by atoms with E-state index in [1.54, 1.807) is 49.7 Å². The maximum absolute atomic E-state index is 14.7. The summed E-state index contributed by atoms with van der Waals surface area (Å²) in [5.41, 5.74) is 1.39. The quantitative estimate of drug-likeness (QED) is 0.198. The average Bonchev–Trinajstić information content (AvgIpc) is 3.19. The molecular formula is C28H32F4N3O2PS. The first kappa shape index (κ1) is 29.3. The molecule has 2 aromatic carbocycles. The third kappa shape index (κ3) is 7.27. The number of anilines is 2. The molecule has 1 aliphatic heterocycles. The highest BCUT2D eigenvalue weighted by Gasteiger charge is 2.32. The van der Waals surface area contributed by atoms with Gasteiger partial charge in [-0.1, -0.05) is 24.0 Å². The molecule has 0 saturated carbocycles. The number of hydrogen-bond donors (Lipinski definition) is 2. The number of benzene rings is 2. The van der Waals surface area contributed by atoms with Gasteiger partial charge in [-0.15, -0.1) is 11.3 Å². The standard InChI is InChI=1S/C28H32F4N3O2PS/c1-35-14-12-22(21(29)17-35)34-24-8-5-7-19-20(16-28(30,31)32)26(39-27(19)24)9-6-13-33-23-11-10-18(38(3,4)36)15-25(23)37-2/h5,7-8,10-11,15,21-22,33-34H,12-14,16-17H2,1-4H3/t21-,22-/m1/s1. The van der Waals surface area contributed by atoms with Crippen molar-refractivity contribution in [1.82, 2.24) is 4.90 Å².